The van der Waals surface area contributed by atoms with Crippen LogP contribution < -0.4 is 9.47 Å². The van der Waals surface area contributed by atoms with Crippen molar-refractivity contribution in [2.24, 2.45) is 0 Å². The van der Waals surface area contributed by atoms with Crippen LogP contribution in [0.2, 0.25) is 5.02 Å². The Kier molecular flexibility index (Phi) is 7.61. The number of halogens is 1. The van der Waals surface area contributed by atoms with E-state index in [0.29, 0.717) is 17.1 Å². The minimum absolute atomic E-state index is 0.0552. The summed E-state index contributed by atoms with van der Waals surface area (Å²) in [6.45, 7) is 0.377. The van der Waals surface area contributed by atoms with Gasteiger partial charge in [-0.25, -0.2) is 0 Å². The lowest BCUT2D eigenvalue weighted by Crippen LogP contribution is -2.15. The third kappa shape index (κ3) is 6.06. The average Bonchev–Trinajstić information content (AvgIpc) is 2.91. The van der Waals surface area contributed by atoms with Crippen molar-refractivity contribution in [3.05, 3.63) is 122 Å². The highest BCUT2D eigenvalue weighted by Gasteiger charge is 2.31. The van der Waals surface area contributed by atoms with E-state index >= 15 is 0 Å². The van der Waals surface area contributed by atoms with Gasteiger partial charge in [0.15, 0.2) is 0 Å². The lowest BCUT2D eigenvalue weighted by Gasteiger charge is -2.25. The van der Waals surface area contributed by atoms with Crippen LogP contribution in [0.1, 0.15) is 46.7 Å². The molecule has 1 unspecified atom stereocenters. The molecule has 1 aromatic heterocycles. The van der Waals surface area contributed by atoms with E-state index in [4.69, 9.17) is 21.1 Å². The second-order valence-corrected chi connectivity index (χ2v) is 9.49. The first-order valence-corrected chi connectivity index (χ1v) is 12.6. The van der Waals surface area contributed by atoms with E-state index in [1.807, 2.05) is 78.9 Å². The Morgan fingerprint density at radius 3 is 2.27 bits per heavy atom. The van der Waals surface area contributed by atoms with E-state index in [1.54, 1.807) is 0 Å². The number of nitrogens with zero attached hydrogens (tertiary/aromatic N) is 3. The highest BCUT2D eigenvalue weighted by Crippen LogP contribution is 2.39. The molecule has 8 heteroatoms. The molecular formula is C29H26ClN3O4. The molecular weight excluding hydrogens is 490 g/mol. The zero-order valence-electron chi connectivity index (χ0n) is 20.2. The molecule has 0 spiro atoms. The topological polar surface area (TPSA) is 87.4 Å². The number of hydrogen-bond acceptors (Lipinski definition) is 6. The SMILES string of the molecule is O=[N+]([O-])c1c(CC2CCCc3cc(Cl)ccc32)nc(OCc2ccccc2)nc1OCc1ccccc1. The predicted octanol–water partition coefficient (Wildman–Crippen LogP) is 6.86. The molecule has 0 amide bonds. The van der Waals surface area contributed by atoms with Gasteiger partial charge in [-0.2, -0.15) is 9.97 Å². The highest BCUT2D eigenvalue weighted by molar-refractivity contribution is 6.30. The van der Waals surface area contributed by atoms with Crippen LogP contribution in [-0.4, -0.2) is 14.9 Å². The number of rotatable bonds is 9. The second kappa shape index (κ2) is 11.4. The van der Waals surface area contributed by atoms with Crippen LogP contribution in [0.3, 0.4) is 0 Å². The predicted molar refractivity (Wildman–Crippen MR) is 141 cm³/mol. The van der Waals surface area contributed by atoms with Gasteiger partial charge < -0.3 is 9.47 Å². The van der Waals surface area contributed by atoms with Crippen LogP contribution in [0.25, 0.3) is 0 Å². The van der Waals surface area contributed by atoms with Crippen LogP contribution in [0, 0.1) is 10.1 Å². The van der Waals surface area contributed by atoms with Crippen LogP contribution in [0.4, 0.5) is 5.69 Å². The smallest absolute Gasteiger partial charge is 0.352 e. The molecule has 0 saturated carbocycles. The Balaban J connectivity index is 1.49. The Bertz CT molecular complexity index is 1380. The van der Waals surface area contributed by atoms with Crippen molar-refractivity contribution in [1.29, 1.82) is 0 Å². The lowest BCUT2D eigenvalue weighted by atomic mass is 9.80. The van der Waals surface area contributed by atoms with Crippen molar-refractivity contribution in [2.45, 2.75) is 44.8 Å². The van der Waals surface area contributed by atoms with Gasteiger partial charge in [-0.1, -0.05) is 78.3 Å². The summed E-state index contributed by atoms with van der Waals surface area (Å²) in [6, 6.07) is 25.0. The summed E-state index contributed by atoms with van der Waals surface area (Å²) < 4.78 is 11.8. The van der Waals surface area contributed by atoms with Gasteiger partial charge in [0.25, 0.3) is 0 Å². The molecule has 7 nitrogen and oxygen atoms in total. The molecule has 188 valence electrons. The van der Waals surface area contributed by atoms with Crippen molar-refractivity contribution in [2.75, 3.05) is 0 Å². The van der Waals surface area contributed by atoms with Crippen LogP contribution >= 0.6 is 11.6 Å². The fraction of sp³-hybridized carbons (Fsp3) is 0.241. The largest absolute Gasteiger partial charge is 0.468 e. The number of benzene rings is 3. The molecule has 0 bridgehead atoms. The average molecular weight is 516 g/mol. The Morgan fingerprint density at radius 1 is 0.919 bits per heavy atom. The van der Waals surface area contributed by atoms with E-state index in [1.165, 1.54) is 5.56 Å². The van der Waals surface area contributed by atoms with Gasteiger partial charge in [-0.15, -0.1) is 0 Å². The highest BCUT2D eigenvalue weighted by atomic mass is 35.5. The van der Waals surface area contributed by atoms with E-state index in [0.717, 1.165) is 36.0 Å². The van der Waals surface area contributed by atoms with Gasteiger partial charge in [0, 0.05) is 11.4 Å². The summed E-state index contributed by atoms with van der Waals surface area (Å²) in [6.07, 6.45) is 3.19. The fourth-order valence-electron chi connectivity index (χ4n) is 4.72. The van der Waals surface area contributed by atoms with E-state index in [-0.39, 0.29) is 36.7 Å². The standard InChI is InChI=1S/C29H26ClN3O4/c30-24-14-15-25-22(16-24)12-7-13-23(25)17-26-27(33(34)35)28(36-18-20-8-3-1-4-9-20)32-29(31-26)37-19-21-10-5-2-6-11-21/h1-6,8-11,14-16,23H,7,12-13,17-19H2. The Hall–Kier alpha value is -3.97. The van der Waals surface area contributed by atoms with Crippen LogP contribution in [-0.2, 0) is 26.1 Å². The lowest BCUT2D eigenvalue weighted by molar-refractivity contribution is -0.387. The van der Waals surface area contributed by atoms with E-state index in [9.17, 15) is 10.1 Å². The van der Waals surface area contributed by atoms with Crippen molar-refractivity contribution < 1.29 is 14.4 Å². The molecule has 4 aromatic rings. The number of nitro groups is 1. The minimum Gasteiger partial charge on any atom is -0.468 e. The van der Waals surface area contributed by atoms with Crippen LogP contribution in [0.5, 0.6) is 11.9 Å². The quantitative estimate of drug-likeness (QED) is 0.179. The summed E-state index contributed by atoms with van der Waals surface area (Å²) in [5.74, 6) is -0.0207. The third-order valence-corrected chi connectivity index (χ3v) is 6.73. The third-order valence-electron chi connectivity index (χ3n) is 6.50. The number of hydrogen-bond donors (Lipinski definition) is 0. The van der Waals surface area contributed by atoms with Gasteiger partial charge in [-0.3, -0.25) is 10.1 Å². The minimum atomic E-state index is -0.456. The van der Waals surface area contributed by atoms with Gasteiger partial charge in [0.1, 0.15) is 18.9 Å². The molecule has 0 N–H and O–H groups in total. The molecule has 37 heavy (non-hydrogen) atoms. The first kappa shape index (κ1) is 24.7. The zero-order chi connectivity index (χ0) is 25.6. The Morgan fingerprint density at radius 2 is 1.59 bits per heavy atom. The molecule has 0 fully saturated rings. The van der Waals surface area contributed by atoms with Gasteiger partial charge in [-0.05, 0) is 59.6 Å². The first-order chi connectivity index (χ1) is 18.1. The molecule has 1 atom stereocenters. The van der Waals surface area contributed by atoms with Gasteiger partial charge in [0.05, 0.1) is 4.92 Å². The molecule has 0 aliphatic heterocycles. The number of aromatic nitrogens is 2. The number of fused-ring (bicyclic) bond motifs is 1. The molecule has 0 saturated heterocycles. The van der Waals surface area contributed by atoms with E-state index < -0.39 is 4.92 Å². The van der Waals surface area contributed by atoms with Crippen molar-refractivity contribution in [1.82, 2.24) is 9.97 Å². The molecule has 1 aliphatic carbocycles. The van der Waals surface area contributed by atoms with Crippen molar-refractivity contribution in [3.63, 3.8) is 0 Å². The zero-order valence-corrected chi connectivity index (χ0v) is 20.9. The summed E-state index contributed by atoms with van der Waals surface area (Å²) in [7, 11) is 0. The maximum Gasteiger partial charge on any atom is 0.352 e. The maximum atomic E-state index is 12.3. The first-order valence-electron chi connectivity index (χ1n) is 12.2. The summed E-state index contributed by atoms with van der Waals surface area (Å²) in [5, 5.41) is 13.0. The molecule has 5 rings (SSSR count). The summed E-state index contributed by atoms with van der Waals surface area (Å²) in [4.78, 5) is 20.7. The molecule has 3 aromatic carbocycles. The van der Waals surface area contributed by atoms with Crippen molar-refractivity contribution in [3.8, 4) is 11.9 Å². The fourth-order valence-corrected chi connectivity index (χ4v) is 4.92. The van der Waals surface area contributed by atoms with E-state index in [2.05, 4.69) is 9.97 Å². The molecule has 1 aliphatic rings. The monoisotopic (exact) mass is 515 g/mol. The Labute approximate surface area is 220 Å². The van der Waals surface area contributed by atoms with Crippen LogP contribution in [0.15, 0.2) is 78.9 Å². The molecule has 1 heterocycles. The normalized spacial score (nSPS) is 14.6. The van der Waals surface area contributed by atoms with Gasteiger partial charge in [0.2, 0.25) is 0 Å². The van der Waals surface area contributed by atoms with Crippen molar-refractivity contribution >= 4 is 17.3 Å². The molecule has 0 radical (unpaired) electrons. The summed E-state index contributed by atoms with van der Waals surface area (Å²) in [5.41, 5.74) is 4.24. The maximum absolute atomic E-state index is 12.3. The number of ether oxygens (including phenoxy) is 2. The number of aryl methyl sites for hydroxylation is 1. The summed E-state index contributed by atoms with van der Waals surface area (Å²) >= 11 is 6.22. The van der Waals surface area contributed by atoms with Gasteiger partial charge >= 0.3 is 17.6 Å². The second-order valence-electron chi connectivity index (χ2n) is 9.05.